The number of halogens is 2. The summed E-state index contributed by atoms with van der Waals surface area (Å²) in [6.45, 7) is 0. The maximum Gasteiger partial charge on any atom is 0.161 e. The highest BCUT2D eigenvalue weighted by Gasteiger charge is 2.10. The van der Waals surface area contributed by atoms with E-state index in [1.54, 1.807) is 0 Å². The first kappa shape index (κ1) is 10.6. The quantitative estimate of drug-likeness (QED) is 0.694. The molecule has 6 heteroatoms. The zero-order valence-corrected chi connectivity index (χ0v) is 8.98. The highest BCUT2D eigenvalue weighted by atomic mass is 19.2. The van der Waals surface area contributed by atoms with Gasteiger partial charge < -0.3 is 10.1 Å². The van der Waals surface area contributed by atoms with Crippen LogP contribution >= 0.6 is 0 Å². The average molecular weight is 247 g/mol. The molecular formula is C12H7F2N3O. The lowest BCUT2D eigenvalue weighted by atomic mass is 10.2. The van der Waals surface area contributed by atoms with Crippen molar-refractivity contribution in [3.63, 3.8) is 0 Å². The average Bonchev–Trinajstić information content (AvgIpc) is 2.73. The Hall–Kier alpha value is -2.50. The summed E-state index contributed by atoms with van der Waals surface area (Å²) in [5, 5.41) is 9.31. The van der Waals surface area contributed by atoms with Crippen LogP contribution in [0.15, 0.2) is 30.6 Å². The number of hydrogen-bond acceptors (Lipinski definition) is 3. The number of fused-ring (bicyclic) bond motifs is 1. The van der Waals surface area contributed by atoms with Crippen LogP contribution < -0.4 is 0 Å². The molecule has 0 radical (unpaired) electrons. The van der Waals surface area contributed by atoms with Gasteiger partial charge in [-0.05, 0) is 6.07 Å². The van der Waals surface area contributed by atoms with Gasteiger partial charge in [-0.3, -0.25) is 4.98 Å². The molecule has 0 spiro atoms. The Morgan fingerprint density at radius 3 is 2.61 bits per heavy atom. The van der Waals surface area contributed by atoms with Gasteiger partial charge in [0.2, 0.25) is 0 Å². The van der Waals surface area contributed by atoms with Gasteiger partial charge in [-0.25, -0.2) is 13.8 Å². The minimum absolute atomic E-state index is 0.00897. The van der Waals surface area contributed by atoms with Crippen LogP contribution in [0, 0.1) is 11.6 Å². The van der Waals surface area contributed by atoms with E-state index in [4.69, 9.17) is 0 Å². The fourth-order valence-corrected chi connectivity index (χ4v) is 1.70. The van der Waals surface area contributed by atoms with Crippen LogP contribution in [0.4, 0.5) is 8.78 Å². The number of aromatic hydroxyl groups is 1. The van der Waals surface area contributed by atoms with Gasteiger partial charge >= 0.3 is 0 Å². The maximum atomic E-state index is 13.0. The molecule has 0 aliphatic heterocycles. The van der Waals surface area contributed by atoms with Crippen LogP contribution in [0.2, 0.25) is 0 Å². The number of benzene rings is 1. The van der Waals surface area contributed by atoms with E-state index in [0.717, 1.165) is 12.1 Å². The number of H-pyrrole nitrogens is 1. The van der Waals surface area contributed by atoms with Crippen LogP contribution in [0.3, 0.4) is 0 Å². The third-order valence-corrected chi connectivity index (χ3v) is 2.52. The number of aromatic nitrogens is 3. The third kappa shape index (κ3) is 1.67. The fraction of sp³-hybridized carbons (Fsp3) is 0. The van der Waals surface area contributed by atoms with E-state index in [2.05, 4.69) is 15.0 Å². The highest BCUT2D eigenvalue weighted by molar-refractivity contribution is 5.79. The Balaban J connectivity index is 2.19. The van der Waals surface area contributed by atoms with Gasteiger partial charge in [0.1, 0.15) is 11.6 Å². The number of imidazole rings is 1. The van der Waals surface area contributed by atoms with Crippen LogP contribution in [0.5, 0.6) is 5.75 Å². The second-order valence-electron chi connectivity index (χ2n) is 3.80. The monoisotopic (exact) mass is 247 g/mol. The fourth-order valence-electron chi connectivity index (χ4n) is 1.70. The molecular weight excluding hydrogens is 240 g/mol. The lowest BCUT2D eigenvalue weighted by Gasteiger charge is -1.95. The molecule has 1 aromatic carbocycles. The number of nitrogens with one attached hydrogen (secondary N) is 1. The van der Waals surface area contributed by atoms with Gasteiger partial charge in [-0.15, -0.1) is 0 Å². The molecule has 2 N–H and O–H groups in total. The Bertz CT molecular complexity index is 700. The largest absolute Gasteiger partial charge is 0.506 e. The summed E-state index contributed by atoms with van der Waals surface area (Å²) in [7, 11) is 0. The van der Waals surface area contributed by atoms with Crippen molar-refractivity contribution in [1.29, 1.82) is 0 Å². The Morgan fingerprint density at radius 1 is 1.06 bits per heavy atom. The molecule has 3 aromatic rings. The second-order valence-corrected chi connectivity index (χ2v) is 3.80. The van der Waals surface area contributed by atoms with E-state index in [1.165, 1.54) is 18.5 Å². The molecule has 4 nitrogen and oxygen atoms in total. The van der Waals surface area contributed by atoms with Crippen LogP contribution in [0.25, 0.3) is 22.4 Å². The number of pyridine rings is 1. The normalized spacial score (nSPS) is 11.0. The number of hydrogen-bond donors (Lipinski definition) is 2. The highest BCUT2D eigenvalue weighted by Crippen LogP contribution is 2.23. The first-order valence-electron chi connectivity index (χ1n) is 5.12. The SMILES string of the molecule is Oc1cncc(-c2nc3cc(F)c(F)cc3[nH]2)c1. The van der Waals surface area contributed by atoms with Gasteiger partial charge in [-0.1, -0.05) is 0 Å². The number of rotatable bonds is 1. The maximum absolute atomic E-state index is 13.0. The van der Waals surface area contributed by atoms with Crippen molar-refractivity contribution in [3.8, 4) is 17.1 Å². The molecule has 0 aliphatic rings. The molecule has 0 bridgehead atoms. The third-order valence-electron chi connectivity index (χ3n) is 2.52. The second kappa shape index (κ2) is 3.76. The molecule has 0 saturated heterocycles. The molecule has 0 unspecified atom stereocenters. The molecule has 18 heavy (non-hydrogen) atoms. The van der Waals surface area contributed by atoms with Gasteiger partial charge in [0, 0.05) is 23.9 Å². The zero-order chi connectivity index (χ0) is 12.7. The van der Waals surface area contributed by atoms with E-state index in [9.17, 15) is 13.9 Å². The minimum Gasteiger partial charge on any atom is -0.506 e. The van der Waals surface area contributed by atoms with Crippen molar-refractivity contribution in [2.24, 2.45) is 0 Å². The first-order chi connectivity index (χ1) is 8.63. The Kier molecular flexibility index (Phi) is 2.22. The molecule has 0 amide bonds. The predicted molar refractivity (Wildman–Crippen MR) is 60.9 cm³/mol. The number of nitrogens with zero attached hydrogens (tertiary/aromatic N) is 2. The summed E-state index contributed by atoms with van der Waals surface area (Å²) in [6, 6.07) is 3.51. The standard InChI is InChI=1S/C12H7F2N3O/c13-8-2-10-11(3-9(8)14)17-12(16-10)6-1-7(18)5-15-4-6/h1-5,18H,(H,16,17). The van der Waals surface area contributed by atoms with Gasteiger partial charge in [-0.2, -0.15) is 0 Å². The zero-order valence-electron chi connectivity index (χ0n) is 8.98. The molecule has 3 rings (SSSR count). The summed E-state index contributed by atoms with van der Waals surface area (Å²) < 4.78 is 26.1. The van der Waals surface area contributed by atoms with Crippen molar-refractivity contribution in [2.75, 3.05) is 0 Å². The summed E-state index contributed by atoms with van der Waals surface area (Å²) in [5.41, 5.74) is 1.23. The summed E-state index contributed by atoms with van der Waals surface area (Å²) in [5.74, 6) is -1.51. The molecule has 2 heterocycles. The van der Waals surface area contributed by atoms with Gasteiger partial charge in [0.15, 0.2) is 11.6 Å². The Labute approximate surface area is 99.9 Å². The summed E-state index contributed by atoms with van der Waals surface area (Å²) in [6.07, 6.45) is 2.77. The molecule has 0 saturated carbocycles. The van der Waals surface area contributed by atoms with Crippen LogP contribution in [-0.4, -0.2) is 20.1 Å². The van der Waals surface area contributed by atoms with Gasteiger partial charge in [0.25, 0.3) is 0 Å². The first-order valence-corrected chi connectivity index (χ1v) is 5.12. The number of aromatic amines is 1. The lowest BCUT2D eigenvalue weighted by molar-refractivity contribution is 0.473. The van der Waals surface area contributed by atoms with E-state index < -0.39 is 11.6 Å². The Morgan fingerprint density at radius 2 is 1.83 bits per heavy atom. The van der Waals surface area contributed by atoms with E-state index >= 15 is 0 Å². The van der Waals surface area contributed by atoms with Gasteiger partial charge in [0.05, 0.1) is 17.2 Å². The molecule has 0 atom stereocenters. The van der Waals surface area contributed by atoms with E-state index in [1.807, 2.05) is 0 Å². The predicted octanol–water partition coefficient (Wildman–Crippen LogP) is 2.61. The molecule has 90 valence electrons. The van der Waals surface area contributed by atoms with Crippen molar-refractivity contribution < 1.29 is 13.9 Å². The van der Waals surface area contributed by atoms with Crippen molar-refractivity contribution >= 4 is 11.0 Å². The lowest BCUT2D eigenvalue weighted by Crippen LogP contribution is -1.82. The smallest absolute Gasteiger partial charge is 0.161 e. The summed E-state index contributed by atoms with van der Waals surface area (Å²) in [4.78, 5) is 10.8. The van der Waals surface area contributed by atoms with Crippen molar-refractivity contribution in [3.05, 3.63) is 42.2 Å². The molecule has 0 aliphatic carbocycles. The van der Waals surface area contributed by atoms with E-state index in [-0.39, 0.29) is 5.75 Å². The topological polar surface area (TPSA) is 61.8 Å². The minimum atomic E-state index is -0.949. The van der Waals surface area contributed by atoms with Crippen LogP contribution in [-0.2, 0) is 0 Å². The van der Waals surface area contributed by atoms with E-state index in [0.29, 0.717) is 22.4 Å². The van der Waals surface area contributed by atoms with Crippen molar-refractivity contribution in [2.45, 2.75) is 0 Å². The summed E-state index contributed by atoms with van der Waals surface area (Å²) >= 11 is 0. The molecule has 2 aromatic heterocycles. The van der Waals surface area contributed by atoms with Crippen molar-refractivity contribution in [1.82, 2.24) is 15.0 Å². The molecule has 0 fully saturated rings. The van der Waals surface area contributed by atoms with Crippen LogP contribution in [0.1, 0.15) is 0 Å².